The van der Waals surface area contributed by atoms with E-state index in [1.807, 2.05) is 99.8 Å². The van der Waals surface area contributed by atoms with Gasteiger partial charge in [0.15, 0.2) is 0 Å². The van der Waals surface area contributed by atoms with Crippen LogP contribution in [0, 0.1) is 13.7 Å². The number of aromatic nitrogens is 3. The summed E-state index contributed by atoms with van der Waals surface area (Å²) in [6.07, 6.45) is 2.89. The first-order chi connectivity index (χ1) is 38.6. The molecule has 0 atom stereocenters. The highest BCUT2D eigenvalue weighted by molar-refractivity contribution is 5.97. The molecule has 2 heterocycles. The number of phenols is 1. The van der Waals surface area contributed by atoms with Crippen LogP contribution in [-0.4, -0.2) is 19.6 Å². The molecule has 0 unspecified atom stereocenters. The van der Waals surface area contributed by atoms with Crippen LogP contribution in [0.15, 0.2) is 127 Å². The Hall–Kier alpha value is -6.26. The van der Waals surface area contributed by atoms with Crippen LogP contribution in [0.4, 0.5) is 0 Å². The summed E-state index contributed by atoms with van der Waals surface area (Å²) < 4.78 is 117. The molecule has 0 aliphatic rings. The number of nitrogens with zero attached hydrogens (tertiary/aromatic N) is 3. The van der Waals surface area contributed by atoms with E-state index in [0.717, 1.165) is 47.9 Å². The zero-order valence-corrected chi connectivity index (χ0v) is 43.4. The summed E-state index contributed by atoms with van der Waals surface area (Å²) in [6.45, 7) is 21.9. The number of imidazole rings is 1. The monoisotopic (exact) mass is 941 g/mol. The first-order valence-corrected chi connectivity index (χ1v) is 25.0. The molecule has 0 saturated heterocycles. The molecule has 6 aromatic carbocycles. The highest BCUT2D eigenvalue weighted by atomic mass is 16.3. The minimum atomic E-state index is -3.00. The Bertz CT molecular complexity index is 3770. The third kappa shape index (κ3) is 9.27. The minimum absolute atomic E-state index is 0.0191. The quantitative estimate of drug-likeness (QED) is 0.118. The average Bonchev–Trinajstić information content (AvgIpc) is 2.10. The van der Waals surface area contributed by atoms with Crippen LogP contribution in [-0.2, 0) is 16.2 Å². The van der Waals surface area contributed by atoms with Crippen LogP contribution in [0.1, 0.15) is 184 Å². The minimum Gasteiger partial charge on any atom is -0.507 e. The molecule has 4 nitrogen and oxygen atoms in total. The van der Waals surface area contributed by atoms with Crippen molar-refractivity contribution in [3.63, 3.8) is 0 Å². The number of pyridine rings is 1. The molecule has 1 N–H and O–H groups in total. The Balaban J connectivity index is 1.49. The number of aryl methyl sites for hydroxylation is 1. The third-order valence-electron chi connectivity index (χ3n) is 15.2. The van der Waals surface area contributed by atoms with E-state index >= 15 is 0 Å². The highest BCUT2D eigenvalue weighted by Crippen LogP contribution is 2.48. The van der Waals surface area contributed by atoms with E-state index in [1.165, 1.54) is 11.1 Å². The largest absolute Gasteiger partial charge is 0.507 e. The van der Waals surface area contributed by atoms with Gasteiger partial charge in [0.05, 0.1) is 37.6 Å². The van der Waals surface area contributed by atoms with Crippen molar-refractivity contribution in [2.24, 2.45) is 0 Å². The molecule has 0 aliphatic carbocycles. The summed E-state index contributed by atoms with van der Waals surface area (Å²) in [5, 5.41) is 12.5. The van der Waals surface area contributed by atoms with E-state index < -0.39 is 78.2 Å². The van der Waals surface area contributed by atoms with Gasteiger partial charge in [-0.3, -0.25) is 9.55 Å². The normalized spacial score (nSPS) is 15.5. The van der Waals surface area contributed by atoms with E-state index in [2.05, 4.69) is 78.6 Å². The van der Waals surface area contributed by atoms with Crippen molar-refractivity contribution in [1.82, 2.24) is 14.5 Å². The van der Waals surface area contributed by atoms with Crippen LogP contribution in [0.3, 0.4) is 0 Å². The standard InChI is InChI=1S/C66H77N3O/c1-16-65(14,17-2)55-23-21-24-56(66(15,18-3)19-4)60(55)47-30-31-58(44(10)34-47)69-59-25-20-22-52(61(59)68-63(69)54-39-48(41(5)6)38-53(42(7)8)62(54)70)49-35-50(37-51(36-49)64(11,12)13)57-40-46(32-33-67-57)45-28-26-43(9)27-29-45/h20-42,70H,16-19H2,1-15H3/i9D3,10D3,26D,27D,28D,29D,32D,33D,40D. The molecule has 0 fully saturated rings. The topological polar surface area (TPSA) is 50.9 Å². The van der Waals surface area contributed by atoms with Crippen LogP contribution >= 0.6 is 0 Å². The summed E-state index contributed by atoms with van der Waals surface area (Å²) in [7, 11) is 0. The van der Waals surface area contributed by atoms with Gasteiger partial charge in [0.1, 0.15) is 11.6 Å². The van der Waals surface area contributed by atoms with Gasteiger partial charge in [-0.25, -0.2) is 4.98 Å². The number of para-hydroxylation sites is 1. The van der Waals surface area contributed by atoms with E-state index in [9.17, 15) is 10.6 Å². The lowest BCUT2D eigenvalue weighted by Gasteiger charge is -2.36. The number of rotatable bonds is 14. The molecule has 0 radical (unpaired) electrons. The molecule has 0 amide bonds. The van der Waals surface area contributed by atoms with Crippen LogP contribution in [0.25, 0.3) is 72.7 Å². The molecule has 2 aromatic heterocycles. The second kappa shape index (κ2) is 19.5. The van der Waals surface area contributed by atoms with Crippen LogP contribution < -0.4 is 0 Å². The number of phenolic OH excluding ortho intramolecular Hbond substituents is 1. The van der Waals surface area contributed by atoms with Crippen molar-refractivity contribution in [1.29, 1.82) is 0 Å². The lowest BCUT2D eigenvalue weighted by molar-refractivity contribution is 0.426. The molecule has 0 saturated carbocycles. The molecule has 0 aliphatic heterocycles. The van der Waals surface area contributed by atoms with Crippen molar-refractivity contribution in [2.75, 3.05) is 0 Å². The van der Waals surface area contributed by atoms with E-state index in [4.69, 9.17) is 17.3 Å². The SMILES string of the molecule is [2H]c1nc(-c2cc(-c3cccc4c3nc(-c3cc(C(C)C)cc(C(C)C)c3O)n4-c3ccc(-c4c(C(C)(CC)CC)cccc4C(C)(CC)CC)cc3C([2H])([2H])[2H])cc(C(C)(C)C)c2)c([2H])c(-c2c([2H])c([2H])c(C([2H])([2H])[2H])c([2H])c2[2H])c1[2H]. The van der Waals surface area contributed by atoms with Crippen LogP contribution in [0.2, 0.25) is 0 Å². The van der Waals surface area contributed by atoms with Crippen molar-refractivity contribution >= 4 is 11.0 Å². The van der Waals surface area contributed by atoms with Gasteiger partial charge >= 0.3 is 0 Å². The molecule has 0 bridgehead atoms. The zero-order chi connectivity index (χ0) is 61.5. The molecule has 8 aromatic rings. The summed E-state index contributed by atoms with van der Waals surface area (Å²) in [5.41, 5.74) is 7.19. The summed E-state index contributed by atoms with van der Waals surface area (Å²) in [6, 6.07) is 23.1. The van der Waals surface area contributed by atoms with E-state index in [-0.39, 0.29) is 39.7 Å². The van der Waals surface area contributed by atoms with Gasteiger partial charge in [0.2, 0.25) is 0 Å². The summed E-state index contributed by atoms with van der Waals surface area (Å²) in [4.78, 5) is 9.95. The lowest BCUT2D eigenvalue weighted by Crippen LogP contribution is -2.25. The Morgan fingerprint density at radius 3 is 1.90 bits per heavy atom. The zero-order valence-electron chi connectivity index (χ0n) is 56.4. The maximum atomic E-state index is 12.5. The molecule has 8 rings (SSSR count). The summed E-state index contributed by atoms with van der Waals surface area (Å²) >= 11 is 0. The van der Waals surface area contributed by atoms with Crippen molar-refractivity contribution < 1.29 is 22.9 Å². The maximum absolute atomic E-state index is 12.5. The van der Waals surface area contributed by atoms with E-state index in [1.54, 1.807) is 6.07 Å². The van der Waals surface area contributed by atoms with Crippen LogP contribution in [0.5, 0.6) is 5.75 Å². The van der Waals surface area contributed by atoms with E-state index in [0.29, 0.717) is 50.4 Å². The lowest BCUT2D eigenvalue weighted by atomic mass is 9.68. The van der Waals surface area contributed by atoms with Gasteiger partial charge < -0.3 is 5.11 Å². The molecule has 362 valence electrons. The predicted octanol–water partition coefficient (Wildman–Crippen LogP) is 18.8. The second-order valence-electron chi connectivity index (χ2n) is 21.3. The Morgan fingerprint density at radius 1 is 0.643 bits per heavy atom. The van der Waals surface area contributed by atoms with Crippen molar-refractivity contribution in [3.8, 4) is 67.5 Å². The first-order valence-electron chi connectivity index (χ1n) is 31.5. The smallest absolute Gasteiger partial charge is 0.149 e. The fourth-order valence-electron chi connectivity index (χ4n) is 9.77. The summed E-state index contributed by atoms with van der Waals surface area (Å²) in [5.74, 6) is 0.274. The second-order valence-corrected chi connectivity index (χ2v) is 21.3. The Labute approximate surface area is 438 Å². The molecule has 0 spiro atoms. The van der Waals surface area contributed by atoms with Gasteiger partial charge in [-0.15, -0.1) is 0 Å². The first kappa shape index (κ1) is 35.8. The average molecular weight is 941 g/mol. The number of hydrogen-bond donors (Lipinski definition) is 1. The fourth-order valence-corrected chi connectivity index (χ4v) is 9.77. The fraction of sp³-hybridized carbons (Fsp3) is 0.364. The molecular weight excluding hydrogens is 851 g/mol. The molecule has 70 heavy (non-hydrogen) atoms. The van der Waals surface area contributed by atoms with Crippen molar-refractivity contribution in [3.05, 3.63) is 166 Å². The predicted molar refractivity (Wildman–Crippen MR) is 300 cm³/mol. The van der Waals surface area contributed by atoms with Crippen molar-refractivity contribution in [2.45, 2.75) is 157 Å². The highest BCUT2D eigenvalue weighted by Gasteiger charge is 2.33. The maximum Gasteiger partial charge on any atom is 0.149 e. The number of benzene rings is 6. The Morgan fingerprint density at radius 2 is 1.30 bits per heavy atom. The Kier molecular flexibility index (Phi) is 9.97. The van der Waals surface area contributed by atoms with Gasteiger partial charge in [0, 0.05) is 25.5 Å². The molecule has 4 heteroatoms. The van der Waals surface area contributed by atoms with Gasteiger partial charge in [0.25, 0.3) is 0 Å². The number of hydrogen-bond acceptors (Lipinski definition) is 3. The number of aromatic hydroxyl groups is 1. The van der Waals surface area contributed by atoms with Gasteiger partial charge in [-0.2, -0.15) is 0 Å². The van der Waals surface area contributed by atoms with Gasteiger partial charge in [-0.05, 0) is 177 Å². The molecular formula is C66H77N3O. The number of fused-ring (bicyclic) bond motifs is 1. The third-order valence-corrected chi connectivity index (χ3v) is 15.2. The van der Waals surface area contributed by atoms with Gasteiger partial charge in [-0.1, -0.05) is 168 Å².